The third-order valence-electron chi connectivity index (χ3n) is 6.00. The van der Waals surface area contributed by atoms with Gasteiger partial charge in [-0.2, -0.15) is 8.42 Å². The van der Waals surface area contributed by atoms with E-state index < -0.39 is 10.0 Å². The molecule has 0 spiro atoms. The van der Waals surface area contributed by atoms with Gasteiger partial charge in [-0.3, -0.25) is 9.69 Å². The maximum absolute atomic E-state index is 13.1. The number of methoxy groups -OCH3 is 1. The molecule has 3 rings (SSSR count). The number of sulfonamides is 1. The van der Waals surface area contributed by atoms with Crippen LogP contribution < -0.4 is 9.47 Å². The molecule has 1 amide bonds. The maximum Gasteiger partial charge on any atom is 0.284 e. The summed E-state index contributed by atoms with van der Waals surface area (Å²) in [5, 5.41) is 0.0793. The average Bonchev–Trinajstić information content (AvgIpc) is 3.19. The highest BCUT2D eigenvalue weighted by Gasteiger charge is 2.34. The molecule has 10 heteroatoms. The van der Waals surface area contributed by atoms with Gasteiger partial charge >= 0.3 is 0 Å². The van der Waals surface area contributed by atoms with Crippen LogP contribution in [0, 0.1) is 0 Å². The van der Waals surface area contributed by atoms with Crippen molar-refractivity contribution in [3.8, 4) is 11.5 Å². The number of benzene rings is 2. The molecule has 0 N–H and O–H groups in total. The Kier molecular flexibility index (Phi) is 12.1. The number of carbonyl (C=O) groups is 1. The normalized spacial score (nSPS) is 15.8. The summed E-state index contributed by atoms with van der Waals surface area (Å²) in [4.78, 5) is 14.8. The fraction of sp³-hybridized carbons (Fsp3) is 0.379. The van der Waals surface area contributed by atoms with E-state index in [1.165, 1.54) is 55.2 Å². The third kappa shape index (κ3) is 8.98. The highest BCUT2D eigenvalue weighted by Crippen LogP contribution is 2.35. The van der Waals surface area contributed by atoms with Gasteiger partial charge in [0.25, 0.3) is 15.9 Å². The molecule has 0 saturated carbocycles. The molecular weight excluding hydrogens is 600 g/mol. The molecule has 0 aliphatic carbocycles. The van der Waals surface area contributed by atoms with Gasteiger partial charge in [0.15, 0.2) is 16.7 Å². The van der Waals surface area contributed by atoms with E-state index in [0.29, 0.717) is 23.0 Å². The molecule has 1 heterocycles. The minimum Gasteiger partial charge on any atom is -0.493 e. The molecule has 0 atom stereocenters. The van der Waals surface area contributed by atoms with E-state index in [4.69, 9.17) is 9.47 Å². The number of amidine groups is 1. The molecule has 39 heavy (non-hydrogen) atoms. The highest BCUT2D eigenvalue weighted by atomic mass is 79.9. The Labute approximate surface area is 244 Å². The Morgan fingerprint density at radius 1 is 1.03 bits per heavy atom. The molecule has 1 aliphatic rings. The fourth-order valence-electron chi connectivity index (χ4n) is 3.91. The Morgan fingerprint density at radius 2 is 1.72 bits per heavy atom. The van der Waals surface area contributed by atoms with E-state index >= 15 is 0 Å². The van der Waals surface area contributed by atoms with Crippen molar-refractivity contribution < 1.29 is 22.7 Å². The summed E-state index contributed by atoms with van der Waals surface area (Å²) in [6.07, 6.45) is 11.7. The predicted molar refractivity (Wildman–Crippen MR) is 163 cm³/mol. The quantitative estimate of drug-likeness (QED) is 0.115. The summed E-state index contributed by atoms with van der Waals surface area (Å²) in [7, 11) is -2.44. The van der Waals surface area contributed by atoms with Crippen molar-refractivity contribution in [1.82, 2.24) is 4.90 Å². The Balaban J connectivity index is 1.72. The van der Waals surface area contributed by atoms with Crippen LogP contribution in [0.3, 0.4) is 0 Å². The molecule has 0 unspecified atom stereocenters. The van der Waals surface area contributed by atoms with Crippen LogP contribution in [0.5, 0.6) is 11.5 Å². The molecular formula is C29H35BrN2O5S2. The van der Waals surface area contributed by atoms with Crippen molar-refractivity contribution in [3.05, 3.63) is 70.1 Å². The first-order valence-corrected chi connectivity index (χ1v) is 16.1. The van der Waals surface area contributed by atoms with Crippen LogP contribution in [-0.2, 0) is 14.8 Å². The number of carbonyl (C=O) groups excluding carboxylic acids is 1. The van der Waals surface area contributed by atoms with Gasteiger partial charge in [-0.1, -0.05) is 73.5 Å². The van der Waals surface area contributed by atoms with Crippen LogP contribution in [0.25, 0.3) is 6.08 Å². The van der Waals surface area contributed by atoms with E-state index in [1.807, 2.05) is 12.1 Å². The minimum absolute atomic E-state index is 0.0408. The van der Waals surface area contributed by atoms with Crippen molar-refractivity contribution in [2.24, 2.45) is 4.40 Å². The van der Waals surface area contributed by atoms with Crippen molar-refractivity contribution in [1.29, 1.82) is 0 Å². The van der Waals surface area contributed by atoms with Gasteiger partial charge in [0.2, 0.25) is 0 Å². The number of hydrogen-bond donors (Lipinski definition) is 0. The van der Waals surface area contributed by atoms with E-state index in [9.17, 15) is 13.2 Å². The number of halogens is 1. The SMILES string of the molecule is C=CCN1C(=O)/C(=C/c2ccc(OCCCCCCCCC)c(OC)c2)SC1=NS(=O)(=O)c1ccc(Br)cc1. The number of rotatable bonds is 15. The smallest absolute Gasteiger partial charge is 0.284 e. The van der Waals surface area contributed by atoms with Crippen LogP contribution >= 0.6 is 27.7 Å². The van der Waals surface area contributed by atoms with Gasteiger partial charge in [-0.15, -0.1) is 11.0 Å². The second-order valence-electron chi connectivity index (χ2n) is 9.00. The average molecular weight is 636 g/mol. The number of amides is 1. The monoisotopic (exact) mass is 634 g/mol. The fourth-order valence-corrected chi connectivity index (χ4v) is 6.37. The lowest BCUT2D eigenvalue weighted by atomic mass is 10.1. The third-order valence-corrected chi connectivity index (χ3v) is 8.93. The number of hydrogen-bond acceptors (Lipinski definition) is 6. The first kappa shape index (κ1) is 31.0. The Bertz CT molecular complexity index is 1310. The summed E-state index contributed by atoms with van der Waals surface area (Å²) in [6.45, 7) is 6.65. The number of ether oxygens (including phenoxy) is 2. The van der Waals surface area contributed by atoms with Gasteiger partial charge in [-0.05, 0) is 66.2 Å². The van der Waals surface area contributed by atoms with Gasteiger partial charge in [-0.25, -0.2) is 0 Å². The zero-order chi connectivity index (χ0) is 28.3. The molecule has 0 radical (unpaired) electrons. The summed E-state index contributed by atoms with van der Waals surface area (Å²) in [5.74, 6) is 0.868. The zero-order valence-electron chi connectivity index (χ0n) is 22.4. The van der Waals surface area contributed by atoms with Gasteiger partial charge in [0.05, 0.1) is 23.5 Å². The molecule has 2 aromatic carbocycles. The van der Waals surface area contributed by atoms with Crippen LogP contribution in [-0.4, -0.2) is 44.7 Å². The van der Waals surface area contributed by atoms with E-state index in [1.54, 1.807) is 31.4 Å². The molecule has 1 saturated heterocycles. The lowest BCUT2D eigenvalue weighted by Gasteiger charge is -2.12. The number of unbranched alkanes of at least 4 members (excludes halogenated alkanes) is 6. The van der Waals surface area contributed by atoms with E-state index in [-0.39, 0.29) is 22.5 Å². The standard InChI is InChI=1S/C29H35BrN2O5S2/c1-4-6-7-8-9-10-11-19-37-25-17-12-22(20-26(25)36-3)21-27-28(33)32(18-5-2)29(38-27)31-39(34,35)24-15-13-23(30)14-16-24/h5,12-17,20-21H,2,4,6-11,18-19H2,1,3H3/b27-21-,31-29?. The second-order valence-corrected chi connectivity index (χ2v) is 12.5. The molecule has 0 aromatic heterocycles. The van der Waals surface area contributed by atoms with Crippen molar-refractivity contribution >= 4 is 54.9 Å². The Hall–Kier alpha value is -2.56. The summed E-state index contributed by atoms with van der Waals surface area (Å²) in [5.41, 5.74) is 0.724. The molecule has 0 bridgehead atoms. The van der Waals surface area contributed by atoms with Crippen molar-refractivity contribution in [2.45, 2.75) is 56.8 Å². The van der Waals surface area contributed by atoms with E-state index in [0.717, 1.165) is 34.6 Å². The van der Waals surface area contributed by atoms with Gasteiger partial charge in [0, 0.05) is 11.0 Å². The highest BCUT2D eigenvalue weighted by molar-refractivity contribution is 9.10. The topological polar surface area (TPSA) is 85.3 Å². The van der Waals surface area contributed by atoms with Crippen LogP contribution in [0.2, 0.25) is 0 Å². The van der Waals surface area contributed by atoms with Gasteiger partial charge < -0.3 is 9.47 Å². The lowest BCUT2D eigenvalue weighted by Crippen LogP contribution is -2.29. The van der Waals surface area contributed by atoms with Crippen molar-refractivity contribution in [3.63, 3.8) is 0 Å². The maximum atomic E-state index is 13.1. The second kappa shape index (κ2) is 15.3. The largest absolute Gasteiger partial charge is 0.493 e. The summed E-state index contributed by atoms with van der Waals surface area (Å²) >= 11 is 4.31. The molecule has 210 valence electrons. The Morgan fingerprint density at radius 3 is 2.38 bits per heavy atom. The van der Waals surface area contributed by atoms with E-state index in [2.05, 4.69) is 33.8 Å². The summed E-state index contributed by atoms with van der Waals surface area (Å²) in [6, 6.07) is 11.6. The van der Waals surface area contributed by atoms with Gasteiger partial charge in [0.1, 0.15) is 0 Å². The van der Waals surface area contributed by atoms with Crippen LogP contribution in [0.1, 0.15) is 57.4 Å². The minimum atomic E-state index is -4.01. The van der Waals surface area contributed by atoms with Crippen LogP contribution in [0.4, 0.5) is 0 Å². The van der Waals surface area contributed by atoms with Crippen LogP contribution in [0.15, 0.2) is 73.8 Å². The first-order valence-electron chi connectivity index (χ1n) is 13.0. The molecule has 1 aliphatic heterocycles. The zero-order valence-corrected chi connectivity index (χ0v) is 25.6. The number of nitrogens with zero attached hydrogens (tertiary/aromatic N) is 2. The first-order chi connectivity index (χ1) is 18.8. The summed E-state index contributed by atoms with van der Waals surface area (Å²) < 4.78 is 42.0. The lowest BCUT2D eigenvalue weighted by molar-refractivity contribution is -0.121. The number of thioether (sulfide) groups is 1. The molecule has 7 nitrogen and oxygen atoms in total. The predicted octanol–water partition coefficient (Wildman–Crippen LogP) is 7.43. The van der Waals surface area contributed by atoms with Crippen molar-refractivity contribution in [2.75, 3.05) is 20.3 Å². The molecule has 2 aromatic rings. The molecule has 1 fully saturated rings.